The van der Waals surface area contributed by atoms with Crippen molar-refractivity contribution in [2.45, 2.75) is 33.3 Å². The molecule has 0 spiro atoms. The van der Waals surface area contributed by atoms with E-state index in [-0.39, 0.29) is 5.82 Å². The quantitative estimate of drug-likeness (QED) is 0.632. The second-order valence-corrected chi connectivity index (χ2v) is 7.49. The highest BCUT2D eigenvalue weighted by Crippen LogP contribution is 2.29. The van der Waals surface area contributed by atoms with Crippen LogP contribution in [0.15, 0.2) is 30.6 Å². The Hall–Kier alpha value is -4.04. The summed E-state index contributed by atoms with van der Waals surface area (Å²) in [4.78, 5) is 25.8. The number of H-pyrrole nitrogens is 1. The highest BCUT2D eigenvalue weighted by molar-refractivity contribution is 6.00. The maximum absolute atomic E-state index is 12.7. The predicted octanol–water partition coefficient (Wildman–Crippen LogP) is 3.57. The first kappa shape index (κ1) is 20.7. The number of ether oxygens (including phenoxy) is 1. The summed E-state index contributed by atoms with van der Waals surface area (Å²) in [7, 11) is 0. The Labute approximate surface area is 174 Å². The number of amides is 1. The molecule has 0 saturated carbocycles. The Balaban J connectivity index is 2.07. The van der Waals surface area contributed by atoms with Gasteiger partial charge in [0.1, 0.15) is 22.5 Å². The zero-order valence-corrected chi connectivity index (χ0v) is 17.3. The number of pyridine rings is 1. The third-order valence-corrected chi connectivity index (χ3v) is 4.09. The molecule has 8 heteroatoms. The van der Waals surface area contributed by atoms with Crippen LogP contribution in [0.4, 0.5) is 16.4 Å². The zero-order valence-electron chi connectivity index (χ0n) is 17.3. The molecule has 2 aromatic heterocycles. The third-order valence-electron chi connectivity index (χ3n) is 4.09. The molecule has 2 heterocycles. The average Bonchev–Trinajstić information content (AvgIpc) is 3.16. The first-order chi connectivity index (χ1) is 14.2. The number of hydrogen-bond acceptors (Lipinski definition) is 6. The molecule has 0 aliphatic rings. The van der Waals surface area contributed by atoms with Crippen molar-refractivity contribution in [1.82, 2.24) is 15.0 Å². The number of nitrogens with zero attached hydrogens (tertiary/aromatic N) is 4. The lowest BCUT2D eigenvalue weighted by Crippen LogP contribution is -2.37. The fourth-order valence-electron chi connectivity index (χ4n) is 2.80. The topological polar surface area (TPSA) is 121 Å². The first-order valence-electron chi connectivity index (χ1n) is 9.38. The van der Waals surface area contributed by atoms with Crippen molar-refractivity contribution >= 4 is 28.8 Å². The molecule has 0 aliphatic heterocycles. The van der Waals surface area contributed by atoms with E-state index in [1.54, 1.807) is 45.0 Å². The molecule has 1 aromatic carbocycles. The van der Waals surface area contributed by atoms with E-state index in [9.17, 15) is 4.79 Å². The van der Waals surface area contributed by atoms with Crippen LogP contribution in [0.5, 0.6) is 0 Å². The number of imidazole rings is 1. The molecular formula is C22H22N6O2. The number of hydrogen-bond donors (Lipinski definition) is 2. The lowest BCUT2D eigenvalue weighted by atomic mass is 10.1. The van der Waals surface area contributed by atoms with Gasteiger partial charge in [0.05, 0.1) is 23.5 Å². The number of carbonyl (C=O) groups is 1. The molecule has 0 saturated heterocycles. The van der Waals surface area contributed by atoms with Gasteiger partial charge in [-0.1, -0.05) is 17.9 Å². The number of rotatable bonds is 2. The van der Waals surface area contributed by atoms with Gasteiger partial charge in [0.2, 0.25) is 0 Å². The number of anilines is 2. The predicted molar refractivity (Wildman–Crippen MR) is 115 cm³/mol. The van der Waals surface area contributed by atoms with Crippen LogP contribution in [0.1, 0.15) is 44.4 Å². The maximum Gasteiger partial charge on any atom is 0.416 e. The van der Waals surface area contributed by atoms with Crippen molar-refractivity contribution in [3.8, 4) is 17.9 Å². The Morgan fingerprint density at radius 3 is 2.70 bits per heavy atom. The highest BCUT2D eigenvalue weighted by atomic mass is 16.6. The van der Waals surface area contributed by atoms with E-state index in [1.807, 2.05) is 6.92 Å². The second kappa shape index (κ2) is 8.14. The molecule has 30 heavy (non-hydrogen) atoms. The van der Waals surface area contributed by atoms with E-state index in [1.165, 1.54) is 11.2 Å². The second-order valence-electron chi connectivity index (χ2n) is 7.49. The zero-order chi connectivity index (χ0) is 21.9. The molecule has 0 bridgehead atoms. The molecule has 1 amide bonds. The van der Waals surface area contributed by atoms with E-state index in [4.69, 9.17) is 15.7 Å². The normalized spacial score (nSPS) is 10.8. The van der Waals surface area contributed by atoms with Gasteiger partial charge in [0.15, 0.2) is 5.82 Å². The summed E-state index contributed by atoms with van der Waals surface area (Å²) < 4.78 is 5.49. The molecule has 0 unspecified atom stereocenters. The van der Waals surface area contributed by atoms with Gasteiger partial charge in [0.25, 0.3) is 0 Å². The summed E-state index contributed by atoms with van der Waals surface area (Å²) >= 11 is 0. The van der Waals surface area contributed by atoms with E-state index in [0.717, 1.165) is 0 Å². The molecule has 3 aromatic rings. The SMILES string of the molecule is CCN(C(=O)OC(C)(C)C)c1nc(N)c(C#Cc2cccc(C#N)c2)c2nc[nH]c12. The van der Waals surface area contributed by atoms with Crippen LogP contribution in [0.3, 0.4) is 0 Å². The summed E-state index contributed by atoms with van der Waals surface area (Å²) in [6.07, 6.45) is 0.972. The van der Waals surface area contributed by atoms with Gasteiger partial charge in [-0.15, -0.1) is 0 Å². The monoisotopic (exact) mass is 402 g/mol. The molecule has 8 nitrogen and oxygen atoms in total. The number of aromatic amines is 1. The average molecular weight is 402 g/mol. The lowest BCUT2D eigenvalue weighted by Gasteiger charge is -2.26. The van der Waals surface area contributed by atoms with Crippen molar-refractivity contribution in [3.63, 3.8) is 0 Å². The maximum atomic E-state index is 12.7. The summed E-state index contributed by atoms with van der Waals surface area (Å²) in [6.45, 7) is 7.55. The van der Waals surface area contributed by atoms with E-state index < -0.39 is 11.7 Å². The molecule has 3 rings (SSSR count). The van der Waals surface area contributed by atoms with Gasteiger partial charge in [-0.3, -0.25) is 4.90 Å². The van der Waals surface area contributed by atoms with Crippen LogP contribution in [-0.4, -0.2) is 33.2 Å². The van der Waals surface area contributed by atoms with Crippen molar-refractivity contribution in [1.29, 1.82) is 5.26 Å². The van der Waals surface area contributed by atoms with Crippen LogP contribution in [-0.2, 0) is 4.74 Å². The van der Waals surface area contributed by atoms with Gasteiger partial charge >= 0.3 is 6.09 Å². The van der Waals surface area contributed by atoms with Crippen molar-refractivity contribution < 1.29 is 9.53 Å². The van der Waals surface area contributed by atoms with Crippen LogP contribution in [0, 0.1) is 23.2 Å². The van der Waals surface area contributed by atoms with Gasteiger partial charge in [-0.2, -0.15) is 5.26 Å². The minimum Gasteiger partial charge on any atom is -0.443 e. The molecule has 0 radical (unpaired) electrons. The molecule has 0 fully saturated rings. The van der Waals surface area contributed by atoms with E-state index >= 15 is 0 Å². The minimum absolute atomic E-state index is 0.149. The Kier molecular flexibility index (Phi) is 5.61. The summed E-state index contributed by atoms with van der Waals surface area (Å²) in [5, 5.41) is 9.04. The highest BCUT2D eigenvalue weighted by Gasteiger charge is 2.26. The number of nitrogen functional groups attached to an aromatic ring is 1. The van der Waals surface area contributed by atoms with Gasteiger partial charge < -0.3 is 15.5 Å². The molecular weight excluding hydrogens is 380 g/mol. The fourth-order valence-corrected chi connectivity index (χ4v) is 2.80. The van der Waals surface area contributed by atoms with Crippen LogP contribution in [0.2, 0.25) is 0 Å². The van der Waals surface area contributed by atoms with E-state index in [2.05, 4.69) is 32.9 Å². The number of nitrogens with two attached hydrogens (primary N) is 1. The minimum atomic E-state index is -0.646. The number of carbonyl (C=O) groups excluding carboxylic acids is 1. The molecule has 152 valence electrons. The van der Waals surface area contributed by atoms with E-state index in [0.29, 0.717) is 40.1 Å². The van der Waals surface area contributed by atoms with Crippen molar-refractivity contribution in [2.75, 3.05) is 17.2 Å². The first-order valence-corrected chi connectivity index (χ1v) is 9.38. The summed E-state index contributed by atoms with van der Waals surface area (Å²) in [6, 6.07) is 9.04. The van der Waals surface area contributed by atoms with Crippen LogP contribution < -0.4 is 10.6 Å². The number of nitriles is 1. The van der Waals surface area contributed by atoms with Crippen LogP contribution in [0.25, 0.3) is 11.0 Å². The summed E-state index contributed by atoms with van der Waals surface area (Å²) in [5.41, 5.74) is 8.21. The molecule has 3 N–H and O–H groups in total. The van der Waals surface area contributed by atoms with Crippen molar-refractivity contribution in [3.05, 3.63) is 47.3 Å². The number of fused-ring (bicyclic) bond motifs is 1. The van der Waals surface area contributed by atoms with Crippen LogP contribution >= 0.6 is 0 Å². The number of aromatic nitrogens is 3. The van der Waals surface area contributed by atoms with Gasteiger partial charge in [-0.05, 0) is 45.9 Å². The molecule has 0 atom stereocenters. The third kappa shape index (κ3) is 4.34. The lowest BCUT2D eigenvalue weighted by molar-refractivity contribution is 0.0581. The summed E-state index contributed by atoms with van der Waals surface area (Å²) in [5.74, 6) is 6.47. The standard InChI is InChI=1S/C22H22N6O2/c1-5-28(21(29)30-22(2,3)4)20-18-17(25-13-26-18)16(19(24)27-20)10-9-14-7-6-8-15(11-14)12-23/h6-8,11,13H,5H2,1-4H3,(H2,24,27)(H,25,26). The smallest absolute Gasteiger partial charge is 0.416 e. The fraction of sp³-hybridized carbons (Fsp3) is 0.273. The number of benzene rings is 1. The van der Waals surface area contributed by atoms with Crippen molar-refractivity contribution in [2.24, 2.45) is 0 Å². The van der Waals surface area contributed by atoms with Gasteiger partial charge in [0, 0.05) is 12.1 Å². The van der Waals surface area contributed by atoms with Gasteiger partial charge in [-0.25, -0.2) is 14.8 Å². The number of nitrogens with one attached hydrogen (secondary N) is 1. The Bertz CT molecular complexity index is 1200. The largest absolute Gasteiger partial charge is 0.443 e. The molecule has 0 aliphatic carbocycles. The Morgan fingerprint density at radius 1 is 1.30 bits per heavy atom. The Morgan fingerprint density at radius 2 is 2.03 bits per heavy atom.